The Morgan fingerprint density at radius 3 is 2.64 bits per heavy atom. The second-order valence-corrected chi connectivity index (χ2v) is 7.53. The van der Waals surface area contributed by atoms with E-state index in [4.69, 9.17) is 0 Å². The predicted molar refractivity (Wildman–Crippen MR) is 54.3 cm³/mol. The number of hydrogen-bond acceptors (Lipinski definition) is 2. The second-order valence-electron chi connectivity index (χ2n) is 5.78. The van der Waals surface area contributed by atoms with Crippen molar-refractivity contribution in [2.75, 3.05) is 5.75 Å². The Bertz CT molecular complexity index is 387. The number of nitrogens with one attached hydrogen (secondary N) is 1. The van der Waals surface area contributed by atoms with Gasteiger partial charge in [0.2, 0.25) is 10.0 Å². The molecule has 3 atom stereocenters. The molecule has 3 fully saturated rings. The molecule has 1 aliphatic heterocycles. The predicted octanol–water partition coefficient (Wildman–Crippen LogP) is 1.11. The van der Waals surface area contributed by atoms with Gasteiger partial charge in [-0.05, 0) is 30.6 Å². The quantitative estimate of drug-likeness (QED) is 0.658. The summed E-state index contributed by atoms with van der Waals surface area (Å²) in [5.41, 5.74) is 0.269. The minimum Gasteiger partial charge on any atom is -0.212 e. The van der Waals surface area contributed by atoms with Crippen molar-refractivity contribution in [3.8, 4) is 0 Å². The van der Waals surface area contributed by atoms with Crippen LogP contribution in [0.5, 0.6) is 0 Å². The first-order chi connectivity index (χ1) is 6.37. The monoisotopic (exact) mass is 215 g/mol. The third kappa shape index (κ3) is 0.807. The SMILES string of the molecule is CC1(C)C2CC[C@@]13CS(=O)(=O)N[C@@H]3C2. The molecule has 0 aromatic carbocycles. The molecular weight excluding hydrogens is 198 g/mol. The first-order valence-electron chi connectivity index (χ1n) is 5.37. The van der Waals surface area contributed by atoms with E-state index in [1.54, 1.807) is 0 Å². The van der Waals surface area contributed by atoms with Gasteiger partial charge in [-0.2, -0.15) is 0 Å². The largest absolute Gasteiger partial charge is 0.212 e. The summed E-state index contributed by atoms with van der Waals surface area (Å²) in [5, 5.41) is 0. The fraction of sp³-hybridized carbons (Fsp3) is 1.00. The summed E-state index contributed by atoms with van der Waals surface area (Å²) >= 11 is 0. The van der Waals surface area contributed by atoms with Crippen LogP contribution in [0.15, 0.2) is 0 Å². The topological polar surface area (TPSA) is 46.2 Å². The summed E-state index contributed by atoms with van der Waals surface area (Å²) in [6.45, 7) is 4.51. The fourth-order valence-electron chi connectivity index (χ4n) is 4.18. The molecule has 0 aromatic rings. The Hall–Kier alpha value is -0.0900. The van der Waals surface area contributed by atoms with Crippen LogP contribution >= 0.6 is 0 Å². The Labute approximate surface area is 85.3 Å². The van der Waals surface area contributed by atoms with Crippen molar-refractivity contribution in [3.63, 3.8) is 0 Å². The third-order valence-corrected chi connectivity index (χ3v) is 6.74. The molecule has 1 unspecified atom stereocenters. The van der Waals surface area contributed by atoms with Crippen molar-refractivity contribution in [2.45, 2.75) is 39.2 Å². The Morgan fingerprint density at radius 1 is 1.36 bits per heavy atom. The summed E-state index contributed by atoms with van der Waals surface area (Å²) < 4.78 is 26.0. The van der Waals surface area contributed by atoms with Crippen molar-refractivity contribution in [1.29, 1.82) is 0 Å². The molecule has 0 aromatic heterocycles. The van der Waals surface area contributed by atoms with Crippen molar-refractivity contribution in [2.24, 2.45) is 16.7 Å². The second kappa shape index (κ2) is 2.19. The average Bonchev–Trinajstić information content (AvgIpc) is 2.50. The van der Waals surface area contributed by atoms with E-state index in [1.807, 2.05) is 0 Å². The molecule has 14 heavy (non-hydrogen) atoms. The van der Waals surface area contributed by atoms with Gasteiger partial charge in [-0.15, -0.1) is 0 Å². The normalized spacial score (nSPS) is 52.1. The van der Waals surface area contributed by atoms with Gasteiger partial charge in [0.1, 0.15) is 0 Å². The molecule has 2 bridgehead atoms. The first kappa shape index (κ1) is 9.16. The molecule has 1 spiro atoms. The van der Waals surface area contributed by atoms with Crippen LogP contribution in [0.4, 0.5) is 0 Å². The molecule has 3 nitrogen and oxygen atoms in total. The first-order valence-corrected chi connectivity index (χ1v) is 7.03. The van der Waals surface area contributed by atoms with E-state index in [-0.39, 0.29) is 16.9 Å². The summed E-state index contributed by atoms with van der Waals surface area (Å²) in [6.07, 6.45) is 3.38. The average molecular weight is 215 g/mol. The van der Waals surface area contributed by atoms with Crippen molar-refractivity contribution in [3.05, 3.63) is 0 Å². The van der Waals surface area contributed by atoms with Crippen LogP contribution < -0.4 is 4.72 Å². The van der Waals surface area contributed by atoms with Crippen LogP contribution in [0, 0.1) is 16.7 Å². The van der Waals surface area contributed by atoms with Crippen LogP contribution in [0.3, 0.4) is 0 Å². The molecule has 4 heteroatoms. The Morgan fingerprint density at radius 2 is 2.07 bits per heavy atom. The van der Waals surface area contributed by atoms with Gasteiger partial charge >= 0.3 is 0 Å². The zero-order valence-corrected chi connectivity index (χ0v) is 9.52. The highest BCUT2D eigenvalue weighted by molar-refractivity contribution is 7.89. The Kier molecular flexibility index (Phi) is 1.43. The third-order valence-electron chi connectivity index (χ3n) is 5.20. The van der Waals surface area contributed by atoms with Gasteiger partial charge in [-0.3, -0.25) is 0 Å². The van der Waals surface area contributed by atoms with Crippen LogP contribution in [-0.2, 0) is 10.0 Å². The molecule has 1 heterocycles. The smallest absolute Gasteiger partial charge is 0.212 e. The standard InChI is InChI=1S/C10H17NO2S/c1-9(2)7-3-4-10(9)6-14(12,13)11-8(10)5-7/h7-8,11H,3-6H2,1-2H3/t7?,8-,10+/m1/s1. The van der Waals surface area contributed by atoms with Crippen molar-refractivity contribution >= 4 is 10.0 Å². The summed E-state index contributed by atoms with van der Waals surface area (Å²) in [7, 11) is -2.97. The van der Waals surface area contributed by atoms with Crippen molar-refractivity contribution < 1.29 is 8.42 Å². The van der Waals surface area contributed by atoms with E-state index in [0.717, 1.165) is 18.8 Å². The van der Waals surface area contributed by atoms with Gasteiger partial charge in [0.05, 0.1) is 5.75 Å². The lowest BCUT2D eigenvalue weighted by Crippen LogP contribution is -2.39. The molecule has 1 saturated heterocycles. The summed E-state index contributed by atoms with van der Waals surface area (Å²) in [6, 6.07) is 0.237. The van der Waals surface area contributed by atoms with Crippen LogP contribution in [0.2, 0.25) is 0 Å². The number of hydrogen-bond donors (Lipinski definition) is 1. The number of fused-ring (bicyclic) bond motifs is 1. The molecule has 0 radical (unpaired) electrons. The molecule has 80 valence electrons. The highest BCUT2D eigenvalue weighted by Crippen LogP contribution is 2.67. The molecule has 3 rings (SSSR count). The Balaban J connectivity index is 2.13. The van der Waals surface area contributed by atoms with E-state index in [1.165, 1.54) is 6.42 Å². The number of sulfonamides is 1. The minimum absolute atomic E-state index is 0.0521. The fourth-order valence-corrected chi connectivity index (χ4v) is 6.42. The molecule has 1 N–H and O–H groups in total. The van der Waals surface area contributed by atoms with Crippen LogP contribution in [-0.4, -0.2) is 20.2 Å². The lowest BCUT2D eigenvalue weighted by Gasteiger charge is -2.36. The molecule has 3 aliphatic rings. The van der Waals surface area contributed by atoms with Crippen molar-refractivity contribution in [1.82, 2.24) is 4.72 Å². The zero-order chi connectivity index (χ0) is 10.2. The highest BCUT2D eigenvalue weighted by atomic mass is 32.2. The number of rotatable bonds is 0. The lowest BCUT2D eigenvalue weighted by atomic mass is 9.69. The molecular formula is C10H17NO2S. The lowest BCUT2D eigenvalue weighted by molar-refractivity contribution is 0.146. The van der Waals surface area contributed by atoms with Gasteiger partial charge in [-0.1, -0.05) is 13.8 Å². The van der Waals surface area contributed by atoms with E-state index >= 15 is 0 Å². The summed E-state index contributed by atoms with van der Waals surface area (Å²) in [5.74, 6) is 1.10. The zero-order valence-electron chi connectivity index (χ0n) is 8.71. The molecule has 2 saturated carbocycles. The molecule has 2 aliphatic carbocycles. The van der Waals surface area contributed by atoms with Gasteiger partial charge in [0.25, 0.3) is 0 Å². The van der Waals surface area contributed by atoms with Gasteiger partial charge in [0, 0.05) is 11.5 Å². The van der Waals surface area contributed by atoms with Gasteiger partial charge in [0.15, 0.2) is 0 Å². The van der Waals surface area contributed by atoms with E-state index in [9.17, 15) is 8.42 Å². The van der Waals surface area contributed by atoms with Gasteiger partial charge < -0.3 is 0 Å². The maximum absolute atomic E-state index is 11.6. The maximum Gasteiger partial charge on any atom is 0.212 e. The van der Waals surface area contributed by atoms with E-state index < -0.39 is 10.0 Å². The minimum atomic E-state index is -2.97. The maximum atomic E-state index is 11.6. The van der Waals surface area contributed by atoms with E-state index in [2.05, 4.69) is 18.6 Å². The van der Waals surface area contributed by atoms with Gasteiger partial charge in [-0.25, -0.2) is 13.1 Å². The van der Waals surface area contributed by atoms with Crippen LogP contribution in [0.1, 0.15) is 33.1 Å². The highest BCUT2D eigenvalue weighted by Gasteiger charge is 2.68. The molecule has 0 amide bonds. The summed E-state index contributed by atoms with van der Waals surface area (Å²) in [4.78, 5) is 0. The van der Waals surface area contributed by atoms with E-state index in [0.29, 0.717) is 5.75 Å². The van der Waals surface area contributed by atoms with Crippen LogP contribution in [0.25, 0.3) is 0 Å².